The number of nitrogens with zero attached hydrogens (tertiary/aromatic N) is 4. The standard InChI is InChI=1S/C19H14N4O5/c1-11-17(12(2)24)18(13-3-7-15(8-4-13)22(25)26)21-19(20-11)14-5-9-16(10-6-14)23(27)28/h3-10H,1-2H3. The lowest BCUT2D eigenvalue weighted by molar-refractivity contribution is -0.385. The highest BCUT2D eigenvalue weighted by Gasteiger charge is 2.19. The van der Waals surface area contributed by atoms with Crippen LogP contribution < -0.4 is 0 Å². The summed E-state index contributed by atoms with van der Waals surface area (Å²) in [6.07, 6.45) is 0. The first-order valence-corrected chi connectivity index (χ1v) is 8.17. The van der Waals surface area contributed by atoms with Crippen molar-refractivity contribution in [2.75, 3.05) is 0 Å². The lowest BCUT2D eigenvalue weighted by Gasteiger charge is -2.12. The summed E-state index contributed by atoms with van der Waals surface area (Å²) in [5, 5.41) is 21.7. The van der Waals surface area contributed by atoms with Crippen LogP contribution in [0.5, 0.6) is 0 Å². The van der Waals surface area contributed by atoms with Crippen molar-refractivity contribution in [2.45, 2.75) is 13.8 Å². The number of aryl methyl sites for hydroxylation is 1. The zero-order valence-electron chi connectivity index (χ0n) is 14.9. The van der Waals surface area contributed by atoms with Crippen LogP contribution in [0.4, 0.5) is 11.4 Å². The molecule has 0 saturated carbocycles. The van der Waals surface area contributed by atoms with Crippen LogP contribution in [0, 0.1) is 27.2 Å². The van der Waals surface area contributed by atoms with Crippen molar-refractivity contribution in [1.82, 2.24) is 9.97 Å². The third-order valence-electron chi connectivity index (χ3n) is 4.13. The summed E-state index contributed by atoms with van der Waals surface area (Å²) in [6, 6.07) is 11.5. The van der Waals surface area contributed by atoms with E-state index in [4.69, 9.17) is 0 Å². The lowest BCUT2D eigenvalue weighted by Crippen LogP contribution is -2.07. The summed E-state index contributed by atoms with van der Waals surface area (Å²) in [4.78, 5) is 41.7. The Kier molecular flexibility index (Phi) is 4.90. The number of nitro benzene ring substituents is 2. The van der Waals surface area contributed by atoms with Crippen molar-refractivity contribution in [3.8, 4) is 22.6 Å². The smallest absolute Gasteiger partial charge is 0.269 e. The first-order chi connectivity index (χ1) is 13.3. The molecule has 0 radical (unpaired) electrons. The second-order valence-electron chi connectivity index (χ2n) is 6.02. The number of benzene rings is 2. The molecule has 3 rings (SSSR count). The molecule has 2 aromatic carbocycles. The molecule has 1 heterocycles. The van der Waals surface area contributed by atoms with Gasteiger partial charge in [0.25, 0.3) is 11.4 Å². The third kappa shape index (κ3) is 3.58. The molecule has 0 saturated heterocycles. The van der Waals surface area contributed by atoms with Gasteiger partial charge in [-0.05, 0) is 38.1 Å². The van der Waals surface area contributed by atoms with Gasteiger partial charge in [-0.3, -0.25) is 25.0 Å². The molecule has 0 bridgehead atoms. The second-order valence-corrected chi connectivity index (χ2v) is 6.02. The molecule has 0 N–H and O–H groups in total. The van der Waals surface area contributed by atoms with Gasteiger partial charge in [-0.2, -0.15) is 0 Å². The summed E-state index contributed by atoms with van der Waals surface area (Å²) >= 11 is 0. The minimum Gasteiger partial charge on any atom is -0.294 e. The normalized spacial score (nSPS) is 10.5. The number of non-ortho nitro benzene ring substituents is 2. The molecule has 0 aliphatic heterocycles. The monoisotopic (exact) mass is 378 g/mol. The van der Waals surface area contributed by atoms with Gasteiger partial charge in [0, 0.05) is 35.4 Å². The quantitative estimate of drug-likeness (QED) is 0.370. The van der Waals surface area contributed by atoms with E-state index in [1.807, 2.05) is 0 Å². The Balaban J connectivity index is 2.16. The molecule has 0 aliphatic carbocycles. The van der Waals surface area contributed by atoms with E-state index >= 15 is 0 Å². The zero-order chi connectivity index (χ0) is 20.4. The van der Waals surface area contributed by atoms with Crippen molar-refractivity contribution < 1.29 is 14.6 Å². The first kappa shape index (κ1) is 18.8. The number of aromatic nitrogens is 2. The summed E-state index contributed by atoms with van der Waals surface area (Å²) in [7, 11) is 0. The van der Waals surface area contributed by atoms with Crippen LogP contribution in [0.1, 0.15) is 23.0 Å². The van der Waals surface area contributed by atoms with Crippen LogP contribution in [0.3, 0.4) is 0 Å². The molecule has 9 heteroatoms. The van der Waals surface area contributed by atoms with E-state index in [1.54, 1.807) is 6.92 Å². The van der Waals surface area contributed by atoms with Crippen molar-refractivity contribution in [2.24, 2.45) is 0 Å². The molecular weight excluding hydrogens is 364 g/mol. The van der Waals surface area contributed by atoms with Gasteiger partial charge in [0.15, 0.2) is 11.6 Å². The van der Waals surface area contributed by atoms with Crippen molar-refractivity contribution in [3.05, 3.63) is 80.0 Å². The van der Waals surface area contributed by atoms with E-state index < -0.39 is 9.85 Å². The van der Waals surface area contributed by atoms with Gasteiger partial charge >= 0.3 is 0 Å². The summed E-state index contributed by atoms with van der Waals surface area (Å²) < 4.78 is 0. The molecule has 9 nitrogen and oxygen atoms in total. The molecule has 0 unspecified atom stereocenters. The SMILES string of the molecule is CC(=O)c1c(C)nc(-c2ccc([N+](=O)[O-])cc2)nc1-c1ccc([N+](=O)[O-])cc1. The Morgan fingerprint density at radius 3 is 1.71 bits per heavy atom. The van der Waals surface area contributed by atoms with Crippen LogP contribution in [0.15, 0.2) is 48.5 Å². The highest BCUT2D eigenvalue weighted by molar-refractivity contribution is 6.01. The van der Waals surface area contributed by atoms with E-state index in [2.05, 4.69) is 9.97 Å². The number of carbonyl (C=O) groups excluding carboxylic acids is 1. The summed E-state index contributed by atoms with van der Waals surface area (Å²) in [6.45, 7) is 3.06. The molecule has 28 heavy (non-hydrogen) atoms. The fraction of sp³-hybridized carbons (Fsp3) is 0.105. The van der Waals surface area contributed by atoms with Crippen molar-refractivity contribution in [3.63, 3.8) is 0 Å². The molecule has 0 aliphatic rings. The molecule has 0 fully saturated rings. The molecular formula is C19H14N4O5. The number of hydrogen-bond donors (Lipinski definition) is 0. The third-order valence-corrected chi connectivity index (χ3v) is 4.13. The number of ketones is 1. The van der Waals surface area contributed by atoms with Crippen molar-refractivity contribution in [1.29, 1.82) is 0 Å². The van der Waals surface area contributed by atoms with E-state index in [9.17, 15) is 25.0 Å². The van der Waals surface area contributed by atoms with E-state index in [0.717, 1.165) is 0 Å². The van der Waals surface area contributed by atoms with Gasteiger partial charge < -0.3 is 0 Å². The van der Waals surface area contributed by atoms with Crippen LogP contribution in [-0.2, 0) is 0 Å². The second kappa shape index (κ2) is 7.31. The van der Waals surface area contributed by atoms with Gasteiger partial charge in [-0.1, -0.05) is 0 Å². The van der Waals surface area contributed by atoms with E-state index in [0.29, 0.717) is 33.9 Å². The van der Waals surface area contributed by atoms with E-state index in [1.165, 1.54) is 55.5 Å². The fourth-order valence-corrected chi connectivity index (χ4v) is 2.81. The first-order valence-electron chi connectivity index (χ1n) is 8.17. The van der Waals surface area contributed by atoms with Gasteiger partial charge in [0.2, 0.25) is 0 Å². The zero-order valence-corrected chi connectivity index (χ0v) is 14.9. The summed E-state index contributed by atoms with van der Waals surface area (Å²) in [5.74, 6) is 0.0619. The molecule has 140 valence electrons. The predicted octanol–water partition coefficient (Wildman–Crippen LogP) is 4.14. The van der Waals surface area contributed by atoms with E-state index in [-0.39, 0.29) is 17.2 Å². The van der Waals surface area contributed by atoms with Crippen molar-refractivity contribution >= 4 is 17.2 Å². The van der Waals surface area contributed by atoms with Gasteiger partial charge in [0.1, 0.15) is 0 Å². The highest BCUT2D eigenvalue weighted by atomic mass is 16.6. The Bertz CT molecular complexity index is 1090. The van der Waals surface area contributed by atoms with Crippen LogP contribution >= 0.6 is 0 Å². The average Bonchev–Trinajstić information content (AvgIpc) is 2.67. The topological polar surface area (TPSA) is 129 Å². The largest absolute Gasteiger partial charge is 0.294 e. The maximum absolute atomic E-state index is 12.1. The molecule has 0 spiro atoms. The Morgan fingerprint density at radius 1 is 0.821 bits per heavy atom. The number of nitro groups is 2. The van der Waals surface area contributed by atoms with Gasteiger partial charge in [-0.25, -0.2) is 9.97 Å². The predicted molar refractivity (Wildman–Crippen MR) is 101 cm³/mol. The maximum atomic E-state index is 12.1. The minimum absolute atomic E-state index is 0.0589. The Morgan fingerprint density at radius 2 is 1.29 bits per heavy atom. The maximum Gasteiger partial charge on any atom is 0.269 e. The van der Waals surface area contributed by atoms with Crippen LogP contribution in [0.2, 0.25) is 0 Å². The highest BCUT2D eigenvalue weighted by Crippen LogP contribution is 2.29. The Labute approximate surface area is 159 Å². The molecule has 0 atom stereocenters. The average molecular weight is 378 g/mol. The molecule has 0 amide bonds. The van der Waals surface area contributed by atoms with Crippen LogP contribution in [0.25, 0.3) is 22.6 Å². The molecule has 3 aromatic rings. The number of hydrogen-bond acceptors (Lipinski definition) is 7. The summed E-state index contributed by atoms with van der Waals surface area (Å²) in [5.41, 5.74) is 2.06. The van der Waals surface area contributed by atoms with Gasteiger partial charge in [-0.15, -0.1) is 0 Å². The van der Waals surface area contributed by atoms with Crippen LogP contribution in [-0.4, -0.2) is 25.6 Å². The fourth-order valence-electron chi connectivity index (χ4n) is 2.81. The number of carbonyl (C=O) groups is 1. The lowest BCUT2D eigenvalue weighted by atomic mass is 10.0. The van der Waals surface area contributed by atoms with Gasteiger partial charge in [0.05, 0.1) is 26.8 Å². The minimum atomic E-state index is -0.511. The number of Topliss-reactive ketones (excluding diaryl/α,β-unsaturated/α-hetero) is 1. The number of rotatable bonds is 5. The Hall–Kier alpha value is -4.01. The molecule has 1 aromatic heterocycles.